The maximum Gasteiger partial charge on any atom is 0.182 e. The highest BCUT2D eigenvalue weighted by Crippen LogP contribution is 2.66. The van der Waals surface area contributed by atoms with Gasteiger partial charge < -0.3 is 0 Å². The molecule has 0 unspecified atom stereocenters. The van der Waals surface area contributed by atoms with Gasteiger partial charge in [0.05, 0.1) is 0 Å². The highest BCUT2D eigenvalue weighted by atomic mass is 35.5. The molecular formula is C28H16Cl4O4. The minimum atomic E-state index is -0.652. The summed E-state index contributed by atoms with van der Waals surface area (Å²) in [4.78, 5) is 50.9. The van der Waals surface area contributed by atoms with Crippen LogP contribution in [0.5, 0.6) is 0 Å². The molecular weight excluding hydrogens is 542 g/mol. The average molecular weight is 558 g/mol. The van der Waals surface area contributed by atoms with E-state index in [9.17, 15) is 19.2 Å². The van der Waals surface area contributed by atoms with Gasteiger partial charge in [-0.1, -0.05) is 58.5 Å². The Hall–Kier alpha value is -2.76. The number of hydrogen-bond acceptors (Lipinski definition) is 4. The fourth-order valence-corrected chi connectivity index (χ4v) is 6.77. The van der Waals surface area contributed by atoms with E-state index in [2.05, 4.69) is 0 Å². The maximum atomic E-state index is 13.1. The van der Waals surface area contributed by atoms with Gasteiger partial charge in [0.1, 0.15) is 0 Å². The summed E-state index contributed by atoms with van der Waals surface area (Å²) < 4.78 is 0. The van der Waals surface area contributed by atoms with Crippen molar-refractivity contribution in [2.75, 3.05) is 0 Å². The van der Waals surface area contributed by atoms with Crippen LogP contribution >= 0.6 is 46.4 Å². The van der Waals surface area contributed by atoms with Crippen LogP contribution in [0.2, 0.25) is 20.1 Å². The predicted octanol–water partition coefficient (Wildman–Crippen LogP) is 6.68. The molecule has 0 N–H and O–H groups in total. The molecule has 8 heteroatoms. The molecule has 4 nitrogen and oxygen atoms in total. The molecule has 2 aromatic carbocycles. The Morgan fingerprint density at radius 1 is 0.472 bits per heavy atom. The number of ketones is 4. The number of hydrogen-bond donors (Lipinski definition) is 0. The van der Waals surface area contributed by atoms with Crippen molar-refractivity contribution in [1.82, 2.24) is 0 Å². The van der Waals surface area contributed by atoms with Crippen LogP contribution in [0, 0.1) is 11.8 Å². The van der Waals surface area contributed by atoms with Crippen molar-refractivity contribution >= 4 is 69.5 Å². The molecule has 0 heterocycles. The summed E-state index contributed by atoms with van der Waals surface area (Å²) >= 11 is 26.5. The zero-order valence-electron chi connectivity index (χ0n) is 18.4. The standard InChI is InChI=1S/C28H16Cl4O4/c29-17-3-1-4-18(30)25(17)27-23(15-11-13(33)7-9-21(15)35)28(26-19(31)5-2-6-20(26)32)24(27)16-12-14(34)8-10-22(16)36/h1-12,23-24,27-28H. The van der Waals surface area contributed by atoms with Crippen molar-refractivity contribution < 1.29 is 19.2 Å². The molecule has 0 aromatic heterocycles. The van der Waals surface area contributed by atoms with Gasteiger partial charge in [-0.05, 0) is 71.8 Å². The summed E-state index contributed by atoms with van der Waals surface area (Å²) in [5.41, 5.74) is 1.52. The lowest BCUT2D eigenvalue weighted by Crippen LogP contribution is -2.48. The number of benzene rings is 2. The van der Waals surface area contributed by atoms with Gasteiger partial charge >= 0.3 is 0 Å². The van der Waals surface area contributed by atoms with E-state index in [0.29, 0.717) is 31.2 Å². The molecule has 0 bridgehead atoms. The van der Waals surface area contributed by atoms with Crippen LogP contribution in [0.3, 0.4) is 0 Å². The molecule has 0 radical (unpaired) electrons. The Bertz CT molecular complexity index is 1320. The molecule has 2 aromatic rings. The first-order valence-corrected chi connectivity index (χ1v) is 12.5. The summed E-state index contributed by atoms with van der Waals surface area (Å²) in [6, 6.07) is 10.0. The maximum absolute atomic E-state index is 13.1. The highest BCUT2D eigenvalue weighted by Gasteiger charge is 2.58. The van der Waals surface area contributed by atoms with Gasteiger partial charge in [-0.15, -0.1) is 0 Å². The minimum absolute atomic E-state index is 0.242. The largest absolute Gasteiger partial charge is 0.290 e. The van der Waals surface area contributed by atoms with Gasteiger partial charge in [-0.25, -0.2) is 0 Å². The lowest BCUT2D eigenvalue weighted by atomic mass is 9.47. The third-order valence-electron chi connectivity index (χ3n) is 6.89. The van der Waals surface area contributed by atoms with Gasteiger partial charge in [0.2, 0.25) is 0 Å². The summed E-state index contributed by atoms with van der Waals surface area (Å²) in [5, 5.41) is 1.34. The third kappa shape index (κ3) is 4.12. The van der Waals surface area contributed by atoms with Gasteiger partial charge in [-0.2, -0.15) is 0 Å². The second-order valence-corrected chi connectivity index (χ2v) is 10.4. The van der Waals surface area contributed by atoms with E-state index in [-0.39, 0.29) is 34.3 Å². The Morgan fingerprint density at radius 3 is 1.14 bits per heavy atom. The zero-order valence-corrected chi connectivity index (χ0v) is 21.4. The SMILES string of the molecule is O=C1C=CC(=O)C(C2C(c3c(Cl)cccc3Cl)C(C3=CC(=O)C=CC3=O)C2c2c(Cl)cccc2Cl)=C1. The Morgan fingerprint density at radius 2 is 0.806 bits per heavy atom. The molecule has 5 rings (SSSR count). The Kier molecular flexibility index (Phi) is 6.65. The molecule has 0 aliphatic heterocycles. The summed E-state index contributed by atoms with van der Waals surface area (Å²) in [5.74, 6) is -3.92. The summed E-state index contributed by atoms with van der Waals surface area (Å²) in [6.45, 7) is 0. The molecule has 180 valence electrons. The van der Waals surface area contributed by atoms with E-state index >= 15 is 0 Å². The van der Waals surface area contributed by atoms with Crippen LogP contribution in [0.15, 0.2) is 84.0 Å². The number of allylic oxidation sites excluding steroid dienone is 8. The van der Waals surface area contributed by atoms with Crippen molar-refractivity contribution in [3.8, 4) is 0 Å². The van der Waals surface area contributed by atoms with Crippen LogP contribution in [0.4, 0.5) is 0 Å². The van der Waals surface area contributed by atoms with Crippen molar-refractivity contribution in [2.24, 2.45) is 11.8 Å². The first-order chi connectivity index (χ1) is 17.2. The first kappa shape index (κ1) is 24.9. The van der Waals surface area contributed by atoms with E-state index in [1.807, 2.05) is 0 Å². The molecule has 1 saturated carbocycles. The van der Waals surface area contributed by atoms with Gasteiger partial charge in [-0.3, -0.25) is 19.2 Å². The molecule has 36 heavy (non-hydrogen) atoms. The van der Waals surface area contributed by atoms with E-state index in [0.717, 1.165) is 0 Å². The van der Waals surface area contributed by atoms with E-state index in [1.54, 1.807) is 36.4 Å². The number of halogens is 4. The topological polar surface area (TPSA) is 68.3 Å². The van der Waals surface area contributed by atoms with Crippen LogP contribution in [-0.4, -0.2) is 23.1 Å². The van der Waals surface area contributed by atoms with Crippen LogP contribution in [0.1, 0.15) is 23.0 Å². The first-order valence-electron chi connectivity index (χ1n) is 11.0. The highest BCUT2D eigenvalue weighted by molar-refractivity contribution is 6.37. The van der Waals surface area contributed by atoms with Crippen molar-refractivity contribution in [3.63, 3.8) is 0 Å². The fourth-order valence-electron chi connectivity index (χ4n) is 5.47. The smallest absolute Gasteiger partial charge is 0.182 e. The van der Waals surface area contributed by atoms with Gasteiger partial charge in [0.15, 0.2) is 23.1 Å². The molecule has 3 aliphatic rings. The molecule has 0 saturated heterocycles. The van der Waals surface area contributed by atoms with Crippen LogP contribution in [-0.2, 0) is 19.2 Å². The quantitative estimate of drug-likeness (QED) is 0.393. The normalized spacial score (nSPS) is 25.6. The summed E-state index contributed by atoms with van der Waals surface area (Å²) in [6.07, 6.45) is 7.43. The Labute approximate surface area is 226 Å². The van der Waals surface area contributed by atoms with E-state index < -0.39 is 23.7 Å². The zero-order chi connectivity index (χ0) is 25.7. The van der Waals surface area contributed by atoms with Gasteiger partial charge in [0.25, 0.3) is 0 Å². The van der Waals surface area contributed by atoms with Gasteiger partial charge in [0, 0.05) is 54.9 Å². The fraction of sp³-hybridized carbons (Fsp3) is 0.143. The predicted molar refractivity (Wildman–Crippen MR) is 140 cm³/mol. The third-order valence-corrected chi connectivity index (χ3v) is 8.21. The number of carbonyl (C=O) groups is 4. The lowest BCUT2D eigenvalue weighted by Gasteiger charge is -2.55. The second-order valence-electron chi connectivity index (χ2n) is 8.77. The van der Waals surface area contributed by atoms with E-state index in [1.165, 1.54) is 36.5 Å². The van der Waals surface area contributed by atoms with Crippen LogP contribution in [0.25, 0.3) is 0 Å². The second kappa shape index (κ2) is 9.60. The molecule has 0 amide bonds. The van der Waals surface area contributed by atoms with Crippen molar-refractivity contribution in [3.05, 3.63) is 115 Å². The monoisotopic (exact) mass is 556 g/mol. The van der Waals surface area contributed by atoms with Crippen molar-refractivity contribution in [2.45, 2.75) is 11.8 Å². The molecule has 1 fully saturated rings. The molecule has 0 spiro atoms. The lowest BCUT2D eigenvalue weighted by molar-refractivity contribution is -0.116. The minimum Gasteiger partial charge on any atom is -0.290 e. The number of rotatable bonds is 4. The Balaban J connectivity index is 1.80. The summed E-state index contributed by atoms with van der Waals surface area (Å²) in [7, 11) is 0. The molecule has 0 atom stereocenters. The average Bonchev–Trinajstić information content (AvgIpc) is 2.81. The van der Waals surface area contributed by atoms with Crippen LogP contribution < -0.4 is 0 Å². The van der Waals surface area contributed by atoms with Crippen molar-refractivity contribution in [1.29, 1.82) is 0 Å². The molecule has 3 aliphatic carbocycles. The number of carbonyl (C=O) groups excluding carboxylic acids is 4. The van der Waals surface area contributed by atoms with E-state index in [4.69, 9.17) is 46.4 Å².